The molecule has 2 aromatic heterocycles. The first-order valence-electron chi connectivity index (χ1n) is 10.9. The summed E-state index contributed by atoms with van der Waals surface area (Å²) in [5.74, 6) is 1.18. The van der Waals surface area contributed by atoms with Crippen LogP contribution in [0, 0.1) is 31.1 Å². The number of amides is 1. The summed E-state index contributed by atoms with van der Waals surface area (Å²) >= 11 is 0. The van der Waals surface area contributed by atoms with Gasteiger partial charge in [0.15, 0.2) is 5.82 Å². The van der Waals surface area contributed by atoms with Crippen molar-refractivity contribution >= 4 is 17.8 Å². The number of piperidine rings is 1. The summed E-state index contributed by atoms with van der Waals surface area (Å²) in [5.41, 5.74) is 3.39. The third-order valence-electron chi connectivity index (χ3n) is 6.03. The summed E-state index contributed by atoms with van der Waals surface area (Å²) in [6.07, 6.45) is 5.08. The minimum atomic E-state index is -0.184. The predicted molar refractivity (Wildman–Crippen MR) is 122 cm³/mol. The Morgan fingerprint density at radius 3 is 2.65 bits per heavy atom. The van der Waals surface area contributed by atoms with Gasteiger partial charge in [-0.25, -0.2) is 0 Å². The van der Waals surface area contributed by atoms with E-state index < -0.39 is 0 Å². The van der Waals surface area contributed by atoms with Crippen LogP contribution in [-0.2, 0) is 11.3 Å². The summed E-state index contributed by atoms with van der Waals surface area (Å²) in [5, 5.41) is 17.8. The first kappa shape index (κ1) is 22.5. The highest BCUT2D eigenvalue weighted by Gasteiger charge is 2.27. The van der Waals surface area contributed by atoms with Crippen molar-refractivity contribution in [2.24, 2.45) is 5.92 Å². The van der Waals surface area contributed by atoms with Crippen LogP contribution < -0.4 is 4.90 Å². The van der Waals surface area contributed by atoms with E-state index in [2.05, 4.69) is 59.5 Å². The Bertz CT molecular complexity index is 977. The summed E-state index contributed by atoms with van der Waals surface area (Å²) < 4.78 is 2.25. The SMILES string of the molecule is Cc1cc(/C=C(/C#N)C(=O)N2CCC(N(C)c3cccnn3)CC2)c(C)n1CC(C)C. The number of carbonyl (C=O) groups is 1. The first-order valence-corrected chi connectivity index (χ1v) is 10.9. The van der Waals surface area contributed by atoms with E-state index in [0.717, 1.165) is 42.2 Å². The van der Waals surface area contributed by atoms with Crippen LogP contribution in [0.15, 0.2) is 30.0 Å². The molecule has 0 spiro atoms. The predicted octanol–water partition coefficient (Wildman–Crippen LogP) is 3.59. The first-order chi connectivity index (χ1) is 14.8. The van der Waals surface area contributed by atoms with Crippen LogP contribution in [0.2, 0.25) is 0 Å². The Labute approximate surface area is 185 Å². The van der Waals surface area contributed by atoms with Gasteiger partial charge in [0.05, 0.1) is 0 Å². The number of nitrogens with zero attached hydrogens (tertiary/aromatic N) is 6. The second-order valence-electron chi connectivity index (χ2n) is 8.72. The van der Waals surface area contributed by atoms with Crippen molar-refractivity contribution in [1.82, 2.24) is 19.7 Å². The standard InChI is InChI=1S/C24H32N6O/c1-17(2)16-30-18(3)13-20(19(30)4)14-21(15-25)24(31)29-11-8-22(9-12-29)28(5)23-7-6-10-26-27-23/h6-7,10,13-14,17,22H,8-9,11-12,16H2,1-5H3/b21-14-. The topological polar surface area (TPSA) is 78.1 Å². The summed E-state index contributed by atoms with van der Waals surface area (Å²) in [6, 6.07) is 8.31. The van der Waals surface area contributed by atoms with Crippen LogP contribution in [0.4, 0.5) is 5.82 Å². The van der Waals surface area contributed by atoms with E-state index in [1.54, 1.807) is 17.2 Å². The van der Waals surface area contributed by atoms with Crippen LogP contribution in [0.5, 0.6) is 0 Å². The van der Waals surface area contributed by atoms with Gasteiger partial charge in [-0.05, 0) is 62.4 Å². The molecule has 3 heterocycles. The Hall–Kier alpha value is -3.14. The molecule has 0 atom stereocenters. The van der Waals surface area contributed by atoms with Gasteiger partial charge in [-0.15, -0.1) is 5.10 Å². The smallest absolute Gasteiger partial charge is 0.264 e. The largest absolute Gasteiger partial charge is 0.355 e. The molecule has 1 aliphatic heterocycles. The Balaban J connectivity index is 1.69. The van der Waals surface area contributed by atoms with E-state index in [1.165, 1.54) is 0 Å². The molecule has 164 valence electrons. The molecule has 0 saturated carbocycles. The number of likely N-dealkylation sites (tertiary alicyclic amines) is 1. The Morgan fingerprint density at radius 1 is 1.35 bits per heavy atom. The molecule has 1 aliphatic rings. The monoisotopic (exact) mass is 420 g/mol. The van der Waals surface area contributed by atoms with Crippen LogP contribution >= 0.6 is 0 Å². The van der Waals surface area contributed by atoms with E-state index >= 15 is 0 Å². The number of carbonyl (C=O) groups excluding carboxylic acids is 1. The zero-order chi connectivity index (χ0) is 22.5. The van der Waals surface area contributed by atoms with Crippen molar-refractivity contribution in [3.05, 3.63) is 46.9 Å². The lowest BCUT2D eigenvalue weighted by atomic mass is 10.0. The van der Waals surface area contributed by atoms with E-state index in [4.69, 9.17) is 0 Å². The zero-order valence-corrected chi connectivity index (χ0v) is 19.2. The average molecular weight is 421 g/mol. The summed E-state index contributed by atoms with van der Waals surface area (Å²) in [4.78, 5) is 17.0. The quantitative estimate of drug-likeness (QED) is 0.527. The molecule has 7 heteroatoms. The third-order valence-corrected chi connectivity index (χ3v) is 6.03. The van der Waals surface area contributed by atoms with Gasteiger partial charge in [0.2, 0.25) is 0 Å². The fraction of sp³-hybridized carbons (Fsp3) is 0.500. The number of aryl methyl sites for hydroxylation is 1. The third kappa shape index (κ3) is 5.13. The molecule has 2 aromatic rings. The molecular weight excluding hydrogens is 388 g/mol. The van der Waals surface area contributed by atoms with Crippen molar-refractivity contribution in [2.75, 3.05) is 25.0 Å². The van der Waals surface area contributed by atoms with Gasteiger partial charge < -0.3 is 14.4 Å². The van der Waals surface area contributed by atoms with Crippen LogP contribution in [0.3, 0.4) is 0 Å². The number of rotatable bonds is 6. The number of nitriles is 1. The molecule has 31 heavy (non-hydrogen) atoms. The van der Waals surface area contributed by atoms with Gasteiger partial charge in [0, 0.05) is 50.3 Å². The van der Waals surface area contributed by atoms with Crippen LogP contribution in [0.1, 0.15) is 43.6 Å². The fourth-order valence-electron chi connectivity index (χ4n) is 4.21. The molecule has 3 rings (SSSR count). The highest BCUT2D eigenvalue weighted by molar-refractivity contribution is 6.01. The summed E-state index contributed by atoms with van der Waals surface area (Å²) in [6.45, 7) is 10.7. The maximum atomic E-state index is 13.1. The number of anilines is 1. The molecule has 1 saturated heterocycles. The van der Waals surface area contributed by atoms with Gasteiger partial charge in [0.25, 0.3) is 5.91 Å². The van der Waals surface area contributed by atoms with Crippen molar-refractivity contribution in [1.29, 1.82) is 5.26 Å². The molecule has 0 aliphatic carbocycles. The number of hydrogen-bond donors (Lipinski definition) is 0. The molecule has 7 nitrogen and oxygen atoms in total. The number of hydrogen-bond acceptors (Lipinski definition) is 5. The second-order valence-corrected chi connectivity index (χ2v) is 8.72. The molecular formula is C24H32N6O. The zero-order valence-electron chi connectivity index (χ0n) is 19.2. The maximum Gasteiger partial charge on any atom is 0.264 e. The van der Waals surface area contributed by atoms with Gasteiger partial charge in [-0.2, -0.15) is 10.4 Å². The Morgan fingerprint density at radius 2 is 2.06 bits per heavy atom. The normalized spacial score (nSPS) is 15.3. The van der Waals surface area contributed by atoms with E-state index in [0.29, 0.717) is 25.0 Å². The molecule has 1 fully saturated rings. The lowest BCUT2D eigenvalue weighted by Crippen LogP contribution is -2.46. The minimum absolute atomic E-state index is 0.184. The summed E-state index contributed by atoms with van der Waals surface area (Å²) in [7, 11) is 2.01. The van der Waals surface area contributed by atoms with Crippen molar-refractivity contribution in [2.45, 2.75) is 53.1 Å². The minimum Gasteiger partial charge on any atom is -0.355 e. The van der Waals surface area contributed by atoms with Crippen LogP contribution in [0.25, 0.3) is 6.08 Å². The highest BCUT2D eigenvalue weighted by atomic mass is 16.2. The highest BCUT2D eigenvalue weighted by Crippen LogP contribution is 2.23. The molecule has 0 N–H and O–H groups in total. The molecule has 0 bridgehead atoms. The Kier molecular flexibility index (Phi) is 7.11. The maximum absolute atomic E-state index is 13.1. The number of aromatic nitrogens is 3. The second kappa shape index (κ2) is 9.78. The molecule has 0 unspecified atom stereocenters. The van der Waals surface area contributed by atoms with Gasteiger partial charge in [-0.1, -0.05) is 13.8 Å². The lowest BCUT2D eigenvalue weighted by Gasteiger charge is -2.37. The van der Waals surface area contributed by atoms with E-state index in [1.807, 2.05) is 19.2 Å². The van der Waals surface area contributed by atoms with Crippen LogP contribution in [-0.4, -0.2) is 51.8 Å². The molecule has 0 aromatic carbocycles. The fourth-order valence-corrected chi connectivity index (χ4v) is 4.21. The van der Waals surface area contributed by atoms with Gasteiger partial charge in [0.1, 0.15) is 11.6 Å². The average Bonchev–Trinajstić information content (AvgIpc) is 3.04. The van der Waals surface area contributed by atoms with Crippen molar-refractivity contribution < 1.29 is 4.79 Å². The van der Waals surface area contributed by atoms with E-state index in [9.17, 15) is 10.1 Å². The van der Waals surface area contributed by atoms with Gasteiger partial charge >= 0.3 is 0 Å². The molecule has 1 amide bonds. The van der Waals surface area contributed by atoms with Crippen molar-refractivity contribution in [3.8, 4) is 6.07 Å². The van der Waals surface area contributed by atoms with E-state index in [-0.39, 0.29) is 11.5 Å². The van der Waals surface area contributed by atoms with Crippen molar-refractivity contribution in [3.63, 3.8) is 0 Å². The molecule has 0 radical (unpaired) electrons. The van der Waals surface area contributed by atoms with Gasteiger partial charge in [-0.3, -0.25) is 4.79 Å². The lowest BCUT2D eigenvalue weighted by molar-refractivity contribution is -0.127.